The van der Waals surface area contributed by atoms with Crippen molar-refractivity contribution in [3.63, 3.8) is 0 Å². The molecule has 0 spiro atoms. The quantitative estimate of drug-likeness (QED) is 0.566. The van der Waals surface area contributed by atoms with Crippen LogP contribution in [0.3, 0.4) is 0 Å². The van der Waals surface area contributed by atoms with Crippen molar-refractivity contribution < 1.29 is 4.79 Å². The lowest BCUT2D eigenvalue weighted by Crippen LogP contribution is -2.49. The molecule has 0 aliphatic carbocycles. The van der Waals surface area contributed by atoms with Gasteiger partial charge < -0.3 is 9.80 Å². The normalized spacial score (nSPS) is 19.0. The number of amides is 1. The van der Waals surface area contributed by atoms with Gasteiger partial charge in [0.05, 0.1) is 17.9 Å². The van der Waals surface area contributed by atoms with Crippen LogP contribution in [-0.4, -0.2) is 73.5 Å². The largest absolute Gasteiger partial charge is 0.340 e. The van der Waals surface area contributed by atoms with Gasteiger partial charge in [-0.25, -0.2) is 9.67 Å². The lowest BCUT2D eigenvalue weighted by molar-refractivity contribution is -0.133. The van der Waals surface area contributed by atoms with Crippen molar-refractivity contribution in [1.29, 1.82) is 0 Å². The summed E-state index contributed by atoms with van der Waals surface area (Å²) < 4.78 is 3.46. The Labute approximate surface area is 191 Å². The number of thioether (sulfide) groups is 1. The van der Waals surface area contributed by atoms with Crippen LogP contribution in [0.5, 0.6) is 0 Å². The molecule has 1 aromatic carbocycles. The van der Waals surface area contributed by atoms with Crippen LogP contribution in [0.25, 0.3) is 16.7 Å². The monoisotopic (exact) mass is 452 g/mol. The molecule has 4 heterocycles. The molecule has 1 unspecified atom stereocenters. The van der Waals surface area contributed by atoms with Crippen molar-refractivity contribution in [1.82, 2.24) is 29.1 Å². The van der Waals surface area contributed by atoms with Gasteiger partial charge in [-0.2, -0.15) is 5.10 Å². The number of carbonyl (C=O) groups is 1. The van der Waals surface area contributed by atoms with Crippen LogP contribution in [0.15, 0.2) is 34.3 Å². The number of hydrogen-bond donors (Lipinski definition) is 0. The Morgan fingerprint density at radius 1 is 1.19 bits per heavy atom. The van der Waals surface area contributed by atoms with E-state index in [4.69, 9.17) is 4.98 Å². The summed E-state index contributed by atoms with van der Waals surface area (Å²) in [4.78, 5) is 35.4. The minimum Gasteiger partial charge on any atom is -0.340 e. The lowest BCUT2D eigenvalue weighted by Gasteiger charge is -2.34. The van der Waals surface area contributed by atoms with Gasteiger partial charge in [-0.1, -0.05) is 36.4 Å². The molecule has 0 N–H and O–H groups in total. The number of benzene rings is 1. The van der Waals surface area contributed by atoms with Gasteiger partial charge in [0.15, 0.2) is 10.8 Å². The first kappa shape index (κ1) is 21.2. The van der Waals surface area contributed by atoms with Crippen LogP contribution < -0.4 is 5.56 Å². The minimum absolute atomic E-state index is 0.111. The maximum absolute atomic E-state index is 13.4. The number of aromatic nitrogens is 4. The zero-order valence-corrected chi connectivity index (χ0v) is 19.6. The van der Waals surface area contributed by atoms with Crippen molar-refractivity contribution in [2.24, 2.45) is 0 Å². The molecular formula is C23H28N6O2S. The molecule has 2 aliphatic heterocycles. The molecular weight excluding hydrogens is 424 g/mol. The Balaban J connectivity index is 1.43. The maximum Gasteiger partial charge on any atom is 0.265 e. The molecule has 1 amide bonds. The number of rotatable bonds is 4. The van der Waals surface area contributed by atoms with Gasteiger partial charge in [0.1, 0.15) is 5.39 Å². The molecule has 1 atom stereocenters. The highest BCUT2D eigenvalue weighted by molar-refractivity contribution is 7.99. The number of fused-ring (bicyclic) bond motifs is 2. The van der Waals surface area contributed by atoms with E-state index in [1.54, 1.807) is 27.2 Å². The molecule has 1 fully saturated rings. The summed E-state index contributed by atoms with van der Waals surface area (Å²) in [7, 11) is 0. The predicted molar refractivity (Wildman–Crippen MR) is 126 cm³/mol. The molecule has 5 rings (SSSR count). The number of nitrogens with zero attached hydrogens (tertiary/aromatic N) is 6. The molecule has 0 radical (unpaired) electrons. The number of piperazine rings is 1. The van der Waals surface area contributed by atoms with Gasteiger partial charge in [-0.15, -0.1) is 0 Å². The van der Waals surface area contributed by atoms with E-state index >= 15 is 0 Å². The molecule has 2 aliphatic rings. The first-order chi connectivity index (χ1) is 15.5. The third-order valence-electron chi connectivity index (χ3n) is 6.53. The summed E-state index contributed by atoms with van der Waals surface area (Å²) in [5.41, 5.74) is 3.64. The third kappa shape index (κ3) is 3.63. The molecule has 2 aromatic heterocycles. The number of carbonyl (C=O) groups excluding carboxylic acids is 1. The van der Waals surface area contributed by atoms with Crippen molar-refractivity contribution in [3.05, 3.63) is 45.9 Å². The van der Waals surface area contributed by atoms with Crippen LogP contribution >= 0.6 is 11.8 Å². The molecule has 168 valence electrons. The first-order valence-electron chi connectivity index (χ1n) is 11.2. The van der Waals surface area contributed by atoms with Gasteiger partial charge in [0, 0.05) is 38.4 Å². The zero-order valence-electron chi connectivity index (χ0n) is 18.7. The average molecular weight is 453 g/mol. The van der Waals surface area contributed by atoms with Crippen molar-refractivity contribution in [2.45, 2.75) is 38.4 Å². The summed E-state index contributed by atoms with van der Waals surface area (Å²) >= 11 is 1.54. The summed E-state index contributed by atoms with van der Waals surface area (Å²) in [6.45, 7) is 10.6. The fraction of sp³-hybridized carbons (Fsp3) is 0.478. The fourth-order valence-electron chi connectivity index (χ4n) is 4.64. The van der Waals surface area contributed by atoms with Crippen LogP contribution in [0.1, 0.15) is 30.5 Å². The van der Waals surface area contributed by atoms with E-state index in [1.807, 2.05) is 24.0 Å². The van der Waals surface area contributed by atoms with Crippen LogP contribution in [0.4, 0.5) is 0 Å². The third-order valence-corrected chi connectivity index (χ3v) is 7.63. The molecule has 32 heavy (non-hydrogen) atoms. The van der Waals surface area contributed by atoms with Gasteiger partial charge in [0.25, 0.3) is 5.56 Å². The second-order valence-electron chi connectivity index (χ2n) is 8.64. The Bertz CT molecular complexity index is 1240. The van der Waals surface area contributed by atoms with Crippen molar-refractivity contribution in [3.8, 4) is 5.69 Å². The topological polar surface area (TPSA) is 76.3 Å². The molecule has 8 nitrogen and oxygen atoms in total. The van der Waals surface area contributed by atoms with E-state index < -0.39 is 0 Å². The van der Waals surface area contributed by atoms with Gasteiger partial charge in [0.2, 0.25) is 5.91 Å². The lowest BCUT2D eigenvalue weighted by atomic mass is 10.1. The van der Waals surface area contributed by atoms with Crippen molar-refractivity contribution >= 4 is 28.7 Å². The number of hydrogen-bond acceptors (Lipinski definition) is 6. The average Bonchev–Trinajstić information content (AvgIpc) is 3.39. The Kier molecular flexibility index (Phi) is 5.54. The molecule has 0 saturated carbocycles. The number of likely N-dealkylation sites (N-methyl/N-ethyl adjacent to an activating group) is 1. The summed E-state index contributed by atoms with van der Waals surface area (Å²) in [5.74, 6) is 0.809. The highest BCUT2D eigenvalue weighted by Gasteiger charge is 2.31. The van der Waals surface area contributed by atoms with Crippen LogP contribution in [0, 0.1) is 13.8 Å². The Hall–Kier alpha value is -2.65. The van der Waals surface area contributed by atoms with Gasteiger partial charge in [-0.3, -0.25) is 14.2 Å². The molecule has 0 bridgehead atoms. The summed E-state index contributed by atoms with van der Waals surface area (Å²) in [6, 6.07) is 5.98. The standard InChI is InChI=1S/C23H28N6O2S/c1-4-26-7-9-27(10-8-26)20(30)12-17-14-32-23-25-21-18(22(31)28(17)23)13-24-29(21)19-6-5-15(2)11-16(19)3/h5-6,11,13,17H,4,7-10,12,14H2,1-3H3. The second-order valence-corrected chi connectivity index (χ2v) is 9.62. The SMILES string of the molecule is CCN1CCN(C(=O)CC2CSc3nc4c(cnn4-c4ccc(C)cc4C)c(=O)n32)CC1. The Morgan fingerprint density at radius 2 is 1.97 bits per heavy atom. The smallest absolute Gasteiger partial charge is 0.265 e. The summed E-state index contributed by atoms with van der Waals surface area (Å²) in [6.07, 6.45) is 1.94. The van der Waals surface area contributed by atoms with Crippen LogP contribution in [0.2, 0.25) is 0 Å². The zero-order chi connectivity index (χ0) is 22.4. The number of aryl methyl sites for hydroxylation is 2. The van der Waals surface area contributed by atoms with E-state index in [0.717, 1.165) is 44.0 Å². The van der Waals surface area contributed by atoms with E-state index in [0.29, 0.717) is 28.4 Å². The molecule has 1 saturated heterocycles. The van der Waals surface area contributed by atoms with E-state index in [1.165, 1.54) is 5.56 Å². The molecule has 9 heteroatoms. The predicted octanol–water partition coefficient (Wildman–Crippen LogP) is 2.40. The minimum atomic E-state index is -0.166. The highest BCUT2D eigenvalue weighted by Crippen LogP contribution is 2.34. The van der Waals surface area contributed by atoms with Crippen LogP contribution in [-0.2, 0) is 4.79 Å². The highest BCUT2D eigenvalue weighted by atomic mass is 32.2. The first-order valence-corrected chi connectivity index (χ1v) is 12.2. The van der Waals surface area contributed by atoms with E-state index in [9.17, 15) is 9.59 Å². The summed E-state index contributed by atoms with van der Waals surface area (Å²) in [5, 5.41) is 5.64. The maximum atomic E-state index is 13.4. The molecule has 3 aromatic rings. The van der Waals surface area contributed by atoms with E-state index in [2.05, 4.69) is 29.9 Å². The van der Waals surface area contributed by atoms with E-state index in [-0.39, 0.29) is 17.5 Å². The Morgan fingerprint density at radius 3 is 2.69 bits per heavy atom. The van der Waals surface area contributed by atoms with Gasteiger partial charge in [-0.05, 0) is 32.0 Å². The fourth-order valence-corrected chi connectivity index (χ4v) is 5.77. The van der Waals surface area contributed by atoms with Gasteiger partial charge >= 0.3 is 0 Å². The van der Waals surface area contributed by atoms with Crippen molar-refractivity contribution in [2.75, 3.05) is 38.5 Å². The second kappa shape index (κ2) is 8.37.